The largest absolute Gasteiger partial charge is 0.316 e. The Bertz CT molecular complexity index is 305. The summed E-state index contributed by atoms with van der Waals surface area (Å²) in [5.41, 5.74) is 1.26. The van der Waals surface area contributed by atoms with Gasteiger partial charge in [-0.1, -0.05) is 18.5 Å². The van der Waals surface area contributed by atoms with Crippen molar-refractivity contribution in [3.05, 3.63) is 32.4 Å². The van der Waals surface area contributed by atoms with Crippen molar-refractivity contribution < 1.29 is 0 Å². The third-order valence-corrected chi connectivity index (χ3v) is 3.34. The molecule has 0 aliphatic heterocycles. The first kappa shape index (κ1) is 13.2. The molecule has 2 N–H and O–H groups in total. The molecule has 0 spiro atoms. The highest BCUT2D eigenvalue weighted by Gasteiger charge is 1.99. The number of hydrogen-bond donors (Lipinski definition) is 2. The van der Waals surface area contributed by atoms with Gasteiger partial charge in [-0.05, 0) is 52.9 Å². The zero-order chi connectivity index (χ0) is 11.1. The second-order valence-corrected chi connectivity index (χ2v) is 4.86. The molecule has 0 saturated heterocycles. The first-order valence-corrected chi connectivity index (χ1v) is 6.55. The lowest BCUT2D eigenvalue weighted by Gasteiger charge is -2.07. The van der Waals surface area contributed by atoms with Crippen LogP contribution in [0.15, 0.2) is 18.2 Å². The van der Waals surface area contributed by atoms with Crippen molar-refractivity contribution in [1.29, 1.82) is 0 Å². The molecule has 0 aliphatic carbocycles. The van der Waals surface area contributed by atoms with Crippen molar-refractivity contribution in [2.75, 3.05) is 19.6 Å². The van der Waals surface area contributed by atoms with Gasteiger partial charge in [-0.3, -0.25) is 0 Å². The summed E-state index contributed by atoms with van der Waals surface area (Å²) >= 11 is 8.27. The molecule has 84 valence electrons. The highest BCUT2D eigenvalue weighted by atomic mass is 127. The quantitative estimate of drug-likeness (QED) is 0.615. The molecule has 0 unspecified atom stereocenters. The molecule has 1 aromatic carbocycles. The highest BCUT2D eigenvalue weighted by Crippen LogP contribution is 2.17. The number of rotatable bonds is 6. The maximum atomic E-state index is 5.94. The highest BCUT2D eigenvalue weighted by molar-refractivity contribution is 14.1. The molecule has 0 atom stereocenters. The first-order valence-electron chi connectivity index (χ1n) is 5.09. The summed E-state index contributed by atoms with van der Waals surface area (Å²) in [5.74, 6) is 0. The summed E-state index contributed by atoms with van der Waals surface area (Å²) in [6.45, 7) is 6.00. The van der Waals surface area contributed by atoms with Crippen LogP contribution in [0.5, 0.6) is 0 Å². The van der Waals surface area contributed by atoms with E-state index in [1.165, 1.54) is 9.13 Å². The molecular formula is C11H16ClIN2. The third kappa shape index (κ3) is 5.15. The van der Waals surface area contributed by atoms with E-state index in [-0.39, 0.29) is 0 Å². The summed E-state index contributed by atoms with van der Waals surface area (Å²) in [6.07, 6.45) is 0. The van der Waals surface area contributed by atoms with Gasteiger partial charge in [0, 0.05) is 28.2 Å². The summed E-state index contributed by atoms with van der Waals surface area (Å²) < 4.78 is 1.26. The summed E-state index contributed by atoms with van der Waals surface area (Å²) in [6, 6.07) is 5.99. The lowest BCUT2D eigenvalue weighted by Crippen LogP contribution is -2.26. The standard InChI is InChI=1S/C11H16ClIN2/c1-2-14-5-6-15-8-9-7-10(12)3-4-11(9)13/h3-4,7,14-15H,2,5-6,8H2,1H3. The molecule has 0 heterocycles. The van der Waals surface area contributed by atoms with Crippen molar-refractivity contribution in [2.24, 2.45) is 0 Å². The fourth-order valence-electron chi connectivity index (χ4n) is 1.26. The number of hydrogen-bond acceptors (Lipinski definition) is 2. The molecule has 2 nitrogen and oxygen atoms in total. The SMILES string of the molecule is CCNCCNCc1cc(Cl)ccc1I. The van der Waals surface area contributed by atoms with Gasteiger partial charge in [0.15, 0.2) is 0 Å². The Hall–Kier alpha value is 0.160. The van der Waals surface area contributed by atoms with Gasteiger partial charge in [-0.2, -0.15) is 0 Å². The first-order chi connectivity index (χ1) is 7.24. The Labute approximate surface area is 110 Å². The monoisotopic (exact) mass is 338 g/mol. The molecular weight excluding hydrogens is 322 g/mol. The van der Waals surface area contributed by atoms with E-state index in [9.17, 15) is 0 Å². The van der Waals surface area contributed by atoms with Gasteiger partial charge in [-0.25, -0.2) is 0 Å². The van der Waals surface area contributed by atoms with Crippen molar-refractivity contribution in [3.63, 3.8) is 0 Å². The Morgan fingerprint density at radius 2 is 2.00 bits per heavy atom. The van der Waals surface area contributed by atoms with Crippen LogP contribution in [0, 0.1) is 3.57 Å². The van der Waals surface area contributed by atoms with Crippen molar-refractivity contribution in [3.8, 4) is 0 Å². The van der Waals surface area contributed by atoms with Gasteiger partial charge in [0.25, 0.3) is 0 Å². The topological polar surface area (TPSA) is 24.1 Å². The number of likely N-dealkylation sites (N-methyl/N-ethyl adjacent to an activating group) is 1. The predicted octanol–water partition coefficient (Wildman–Crippen LogP) is 2.64. The molecule has 1 rings (SSSR count). The van der Waals surface area contributed by atoms with E-state index >= 15 is 0 Å². The molecule has 0 amide bonds. The maximum Gasteiger partial charge on any atom is 0.0409 e. The third-order valence-electron chi connectivity index (χ3n) is 2.05. The van der Waals surface area contributed by atoms with Crippen LogP contribution >= 0.6 is 34.2 Å². The average molecular weight is 339 g/mol. The van der Waals surface area contributed by atoms with Crippen molar-refractivity contribution >= 4 is 34.2 Å². The molecule has 0 saturated carbocycles. The zero-order valence-electron chi connectivity index (χ0n) is 8.82. The second-order valence-electron chi connectivity index (χ2n) is 3.27. The van der Waals surface area contributed by atoms with E-state index in [0.29, 0.717) is 0 Å². The molecule has 1 aromatic rings. The predicted molar refractivity (Wildman–Crippen MR) is 74.4 cm³/mol. The van der Waals surface area contributed by atoms with Crippen LogP contribution in [-0.4, -0.2) is 19.6 Å². The van der Waals surface area contributed by atoms with Crippen LogP contribution in [0.25, 0.3) is 0 Å². The molecule has 0 aromatic heterocycles. The van der Waals surface area contributed by atoms with Crippen LogP contribution in [0.4, 0.5) is 0 Å². The van der Waals surface area contributed by atoms with E-state index in [0.717, 1.165) is 31.2 Å². The van der Waals surface area contributed by atoms with Crippen molar-refractivity contribution in [2.45, 2.75) is 13.5 Å². The van der Waals surface area contributed by atoms with Crippen LogP contribution in [0.3, 0.4) is 0 Å². The van der Waals surface area contributed by atoms with Gasteiger partial charge in [0.1, 0.15) is 0 Å². The lowest BCUT2D eigenvalue weighted by molar-refractivity contribution is 0.624. The fraction of sp³-hybridized carbons (Fsp3) is 0.455. The van der Waals surface area contributed by atoms with E-state index in [1.54, 1.807) is 0 Å². The van der Waals surface area contributed by atoms with Gasteiger partial charge in [0.05, 0.1) is 0 Å². The molecule has 0 fully saturated rings. The zero-order valence-corrected chi connectivity index (χ0v) is 11.7. The van der Waals surface area contributed by atoms with Crippen LogP contribution < -0.4 is 10.6 Å². The Kier molecular flexibility index (Phi) is 6.56. The van der Waals surface area contributed by atoms with Crippen LogP contribution in [-0.2, 0) is 6.54 Å². The van der Waals surface area contributed by atoms with E-state index < -0.39 is 0 Å². The van der Waals surface area contributed by atoms with Gasteiger partial charge in [0.2, 0.25) is 0 Å². The summed E-state index contributed by atoms with van der Waals surface area (Å²) in [7, 11) is 0. The fourth-order valence-corrected chi connectivity index (χ4v) is 1.98. The molecule has 0 aliphatic rings. The minimum Gasteiger partial charge on any atom is -0.316 e. The summed E-state index contributed by atoms with van der Waals surface area (Å²) in [4.78, 5) is 0. The van der Waals surface area contributed by atoms with E-state index in [2.05, 4.69) is 40.1 Å². The molecule has 0 bridgehead atoms. The number of halogens is 2. The molecule has 15 heavy (non-hydrogen) atoms. The number of nitrogens with one attached hydrogen (secondary N) is 2. The average Bonchev–Trinajstić information content (AvgIpc) is 2.23. The Balaban J connectivity index is 2.33. The van der Waals surface area contributed by atoms with Gasteiger partial charge < -0.3 is 10.6 Å². The molecule has 0 radical (unpaired) electrons. The van der Waals surface area contributed by atoms with Crippen LogP contribution in [0.2, 0.25) is 5.02 Å². The maximum absolute atomic E-state index is 5.94. The normalized spacial score (nSPS) is 10.6. The number of benzene rings is 1. The summed E-state index contributed by atoms with van der Waals surface area (Å²) in [5, 5.41) is 7.45. The van der Waals surface area contributed by atoms with Gasteiger partial charge >= 0.3 is 0 Å². The van der Waals surface area contributed by atoms with Crippen LogP contribution in [0.1, 0.15) is 12.5 Å². The Morgan fingerprint density at radius 3 is 2.73 bits per heavy atom. The smallest absolute Gasteiger partial charge is 0.0409 e. The second kappa shape index (κ2) is 7.44. The van der Waals surface area contributed by atoms with E-state index in [1.807, 2.05) is 18.2 Å². The minimum absolute atomic E-state index is 0.805. The van der Waals surface area contributed by atoms with E-state index in [4.69, 9.17) is 11.6 Å². The van der Waals surface area contributed by atoms with Crippen molar-refractivity contribution in [1.82, 2.24) is 10.6 Å². The minimum atomic E-state index is 0.805. The lowest BCUT2D eigenvalue weighted by atomic mass is 10.2. The molecule has 4 heteroatoms. The van der Waals surface area contributed by atoms with Gasteiger partial charge in [-0.15, -0.1) is 0 Å². The Morgan fingerprint density at radius 1 is 1.27 bits per heavy atom.